The lowest BCUT2D eigenvalue weighted by molar-refractivity contribution is -0.178. The molecule has 0 saturated carbocycles. The Labute approximate surface area is 148 Å². The highest BCUT2D eigenvalue weighted by atomic mass is 127. The van der Waals surface area contributed by atoms with Gasteiger partial charge >= 0.3 is 0 Å². The monoisotopic (exact) mass is 434 g/mol. The van der Waals surface area contributed by atoms with E-state index in [2.05, 4.69) is 32.6 Å². The molecule has 6 nitrogen and oxygen atoms in total. The molecule has 0 bridgehead atoms. The number of ether oxygens (including phenoxy) is 3. The lowest BCUT2D eigenvalue weighted by Crippen LogP contribution is -2.58. The third kappa shape index (κ3) is 4.27. The SMILES string of the molecule is CO[C@H]1[C@H](OCc2ccccc2)[C@@H](N=[N+]=[N-])[C@@H]([S-])O[C@@H]1CI. The van der Waals surface area contributed by atoms with Gasteiger partial charge in [-0.15, -0.1) is 0 Å². The molecule has 22 heavy (non-hydrogen) atoms. The molecule has 0 aliphatic carbocycles. The zero-order valence-electron chi connectivity index (χ0n) is 12.0. The molecule has 5 atom stereocenters. The van der Waals surface area contributed by atoms with Crippen LogP contribution in [-0.2, 0) is 33.4 Å². The van der Waals surface area contributed by atoms with Crippen LogP contribution in [0.25, 0.3) is 10.4 Å². The van der Waals surface area contributed by atoms with E-state index in [0.717, 1.165) is 9.99 Å². The molecule has 1 aliphatic rings. The summed E-state index contributed by atoms with van der Waals surface area (Å²) in [5.41, 5.74) is 9.20. The van der Waals surface area contributed by atoms with Crippen molar-refractivity contribution in [1.82, 2.24) is 0 Å². The summed E-state index contributed by atoms with van der Waals surface area (Å²) in [4.78, 5) is 2.88. The van der Waals surface area contributed by atoms with Gasteiger partial charge in [0.15, 0.2) is 0 Å². The van der Waals surface area contributed by atoms with Gasteiger partial charge in [-0.25, -0.2) is 0 Å². The summed E-state index contributed by atoms with van der Waals surface area (Å²) in [6.45, 7) is 0.402. The number of nitrogens with zero attached hydrogens (tertiary/aromatic N) is 3. The molecule has 2 rings (SSSR count). The van der Waals surface area contributed by atoms with Crippen LogP contribution < -0.4 is 0 Å². The fraction of sp³-hybridized carbons (Fsp3) is 0.571. The number of hydrogen-bond donors (Lipinski definition) is 0. The summed E-state index contributed by atoms with van der Waals surface area (Å²) in [5, 5.41) is 3.77. The normalized spacial score (nSPS) is 31.5. The van der Waals surface area contributed by atoms with Gasteiger partial charge in [0.1, 0.15) is 6.10 Å². The Morgan fingerprint density at radius 1 is 1.36 bits per heavy atom. The number of halogens is 1. The standard InChI is InChI=1S/C14H18IN3O3S/c1-19-12-10(7-15)21-14(22)11(17-18-16)13(12)20-8-9-5-3-2-4-6-9/h2-6,10-14,22H,7-8H2,1H3/p-1/t10-,11-,12-,13-,14-/m1/s1. The molecule has 0 spiro atoms. The first-order valence-electron chi connectivity index (χ1n) is 6.81. The first-order valence-corrected chi connectivity index (χ1v) is 8.80. The van der Waals surface area contributed by atoms with Crippen LogP contribution >= 0.6 is 22.6 Å². The second-order valence-electron chi connectivity index (χ2n) is 4.85. The highest BCUT2D eigenvalue weighted by molar-refractivity contribution is 14.1. The van der Waals surface area contributed by atoms with Crippen molar-refractivity contribution in [1.29, 1.82) is 0 Å². The van der Waals surface area contributed by atoms with E-state index in [4.69, 9.17) is 32.4 Å². The fourth-order valence-electron chi connectivity index (χ4n) is 2.44. The van der Waals surface area contributed by atoms with E-state index in [1.165, 1.54) is 0 Å². The molecular formula is C14H17IN3O3S-. The molecule has 1 fully saturated rings. The molecule has 0 N–H and O–H groups in total. The Balaban J connectivity index is 2.17. The number of hydrogen-bond acceptors (Lipinski definition) is 5. The molecular weight excluding hydrogens is 417 g/mol. The average Bonchev–Trinajstić information content (AvgIpc) is 2.55. The second-order valence-corrected chi connectivity index (χ2v) is 6.20. The van der Waals surface area contributed by atoms with Crippen LogP contribution in [0.2, 0.25) is 0 Å². The molecule has 0 amide bonds. The van der Waals surface area contributed by atoms with E-state index in [1.807, 2.05) is 30.3 Å². The largest absolute Gasteiger partial charge is 0.761 e. The molecule has 120 valence electrons. The van der Waals surface area contributed by atoms with Gasteiger partial charge < -0.3 is 26.8 Å². The number of alkyl halides is 1. The summed E-state index contributed by atoms with van der Waals surface area (Å²) in [5.74, 6) is 0. The van der Waals surface area contributed by atoms with Crippen molar-refractivity contribution >= 4 is 35.2 Å². The molecule has 0 aromatic heterocycles. The van der Waals surface area contributed by atoms with Crippen LogP contribution in [0.3, 0.4) is 0 Å². The van der Waals surface area contributed by atoms with E-state index >= 15 is 0 Å². The van der Waals surface area contributed by atoms with Crippen molar-refractivity contribution < 1.29 is 14.2 Å². The van der Waals surface area contributed by atoms with Crippen molar-refractivity contribution in [3.63, 3.8) is 0 Å². The second kappa shape index (κ2) is 8.95. The van der Waals surface area contributed by atoms with Gasteiger partial charge in [-0.3, -0.25) is 0 Å². The number of methoxy groups -OCH3 is 1. The maximum absolute atomic E-state index is 8.78. The van der Waals surface area contributed by atoms with Gasteiger partial charge in [0.2, 0.25) is 0 Å². The van der Waals surface area contributed by atoms with Gasteiger partial charge in [-0.2, -0.15) is 0 Å². The van der Waals surface area contributed by atoms with E-state index in [1.54, 1.807) is 7.11 Å². The molecule has 1 aromatic carbocycles. The number of azide groups is 1. The minimum Gasteiger partial charge on any atom is -0.761 e. The molecule has 1 aliphatic heterocycles. The first kappa shape index (κ1) is 17.8. The maximum Gasteiger partial charge on any atom is 0.110 e. The highest BCUT2D eigenvalue weighted by Crippen LogP contribution is 2.29. The van der Waals surface area contributed by atoms with Gasteiger partial charge in [0.25, 0.3) is 0 Å². The van der Waals surface area contributed by atoms with E-state index < -0.39 is 17.6 Å². The van der Waals surface area contributed by atoms with Gasteiger partial charge in [0.05, 0.1) is 24.9 Å². The molecule has 8 heteroatoms. The van der Waals surface area contributed by atoms with E-state index in [-0.39, 0.29) is 12.2 Å². The topological polar surface area (TPSA) is 76.5 Å². The third-order valence-corrected chi connectivity index (χ3v) is 4.77. The van der Waals surface area contributed by atoms with Crippen molar-refractivity contribution in [3.05, 3.63) is 46.3 Å². The quantitative estimate of drug-likeness (QED) is 0.172. The average molecular weight is 434 g/mol. The zero-order valence-corrected chi connectivity index (χ0v) is 15.0. The Morgan fingerprint density at radius 2 is 2.09 bits per heavy atom. The zero-order chi connectivity index (χ0) is 15.9. The minimum atomic E-state index is -0.622. The molecule has 0 unspecified atom stereocenters. The molecule has 1 heterocycles. The van der Waals surface area contributed by atoms with Crippen molar-refractivity contribution in [2.75, 3.05) is 11.5 Å². The summed E-state index contributed by atoms with van der Waals surface area (Å²) >= 11 is 7.53. The van der Waals surface area contributed by atoms with Crippen LogP contribution in [-0.4, -0.2) is 41.3 Å². The Hall–Kier alpha value is -0.510. The van der Waals surface area contributed by atoms with Crippen LogP contribution in [0.5, 0.6) is 0 Å². The van der Waals surface area contributed by atoms with Gasteiger partial charge in [-0.1, -0.05) is 58.0 Å². The lowest BCUT2D eigenvalue weighted by Gasteiger charge is -2.47. The molecule has 1 saturated heterocycles. The lowest BCUT2D eigenvalue weighted by atomic mass is 9.98. The summed E-state index contributed by atoms with van der Waals surface area (Å²) < 4.78 is 18.0. The van der Waals surface area contributed by atoms with Crippen LogP contribution in [0.4, 0.5) is 0 Å². The van der Waals surface area contributed by atoms with Gasteiger partial charge in [-0.05, 0) is 16.5 Å². The predicted octanol–water partition coefficient (Wildman–Crippen LogP) is 2.97. The van der Waals surface area contributed by atoms with Gasteiger partial charge in [0, 0.05) is 16.4 Å². The first-order chi connectivity index (χ1) is 10.7. The van der Waals surface area contributed by atoms with E-state index in [0.29, 0.717) is 6.61 Å². The molecule has 0 radical (unpaired) electrons. The van der Waals surface area contributed by atoms with Crippen molar-refractivity contribution in [2.45, 2.75) is 36.4 Å². The smallest absolute Gasteiger partial charge is 0.110 e. The van der Waals surface area contributed by atoms with Crippen molar-refractivity contribution in [3.8, 4) is 0 Å². The van der Waals surface area contributed by atoms with Crippen molar-refractivity contribution in [2.24, 2.45) is 5.11 Å². The third-order valence-electron chi connectivity index (χ3n) is 3.51. The van der Waals surface area contributed by atoms with Crippen LogP contribution in [0, 0.1) is 0 Å². The molecule has 1 aromatic rings. The summed E-state index contributed by atoms with van der Waals surface area (Å²) in [6.07, 6.45) is -0.938. The fourth-order valence-corrected chi connectivity index (χ4v) is 3.50. The van der Waals surface area contributed by atoms with Crippen LogP contribution in [0.1, 0.15) is 5.56 Å². The number of rotatable bonds is 6. The highest BCUT2D eigenvalue weighted by Gasteiger charge is 2.41. The Morgan fingerprint density at radius 3 is 2.68 bits per heavy atom. The Kier molecular flexibility index (Phi) is 7.26. The van der Waals surface area contributed by atoms with E-state index in [9.17, 15) is 0 Å². The predicted molar refractivity (Wildman–Crippen MR) is 93.7 cm³/mol. The Bertz CT molecular complexity index is 515. The van der Waals surface area contributed by atoms with Crippen LogP contribution in [0.15, 0.2) is 35.4 Å². The maximum atomic E-state index is 8.78. The summed E-state index contributed by atoms with van der Waals surface area (Å²) in [6, 6.07) is 9.21. The minimum absolute atomic E-state index is 0.181. The number of benzene rings is 1. The summed E-state index contributed by atoms with van der Waals surface area (Å²) in [7, 11) is 1.60.